The molecule has 6 aromatic rings. The Morgan fingerprint density at radius 3 is 1.75 bits per heavy atom. The first-order chi connectivity index (χ1) is 29.2. The zero-order valence-corrected chi connectivity index (χ0v) is 37.2. The molecule has 2 aromatic carbocycles. The van der Waals surface area contributed by atoms with Gasteiger partial charge in [-0.25, -0.2) is 9.48 Å². The van der Waals surface area contributed by atoms with Crippen molar-refractivity contribution in [3.8, 4) is 11.5 Å². The molecule has 4 aromatic heterocycles. The lowest BCUT2D eigenvalue weighted by Crippen LogP contribution is -2.33. The quantitative estimate of drug-likeness (QED) is 0.0950. The molecule has 2 amide bonds. The lowest BCUT2D eigenvalue weighted by Gasteiger charge is -2.17. The molecule has 2 aliphatic rings. The Balaban J connectivity index is 0.000000172. The van der Waals surface area contributed by atoms with Gasteiger partial charge in [0, 0.05) is 34.2 Å². The van der Waals surface area contributed by atoms with Crippen molar-refractivity contribution in [1.82, 2.24) is 30.6 Å². The Bertz CT molecular complexity index is 2510. The summed E-state index contributed by atoms with van der Waals surface area (Å²) in [5, 5.41) is 26.3. The standard InChI is InChI=1S/C22H22ClN3O3S.C14H16ClN3OS.C8H8O3/c1-22(11-12-24-21(22)28)18-13-14(7-8-15-9-10-19(23)30-15)26(25-18)20(27)16-5-3-4-6-17(16)29-2;1-14(6-7-16-13(14)19)11-8-9(17-18-11)2-3-10-4-5-12(15)20-10;1-11-7-5-3-2-4-6(7)8(9)10/h3-6,9-10,13H,7-8,11-12H2,1-2H3,(H,24,28);4-5,8H,2-3,6-7H2,1H3,(H,16,19)(H,17,18);2-5H,1H3,(H,9,10). The summed E-state index contributed by atoms with van der Waals surface area (Å²) in [6.07, 6.45) is 4.58. The number of carbonyl (C=O) groups is 4. The van der Waals surface area contributed by atoms with Gasteiger partial charge in [0.1, 0.15) is 17.1 Å². The van der Waals surface area contributed by atoms with Crippen LogP contribution in [0.3, 0.4) is 0 Å². The molecule has 13 nitrogen and oxygen atoms in total. The molecule has 320 valence electrons. The largest absolute Gasteiger partial charge is 0.496 e. The zero-order valence-electron chi connectivity index (χ0n) is 34.1. The molecule has 6 heterocycles. The number of benzene rings is 2. The predicted octanol–water partition coefficient (Wildman–Crippen LogP) is 7.94. The number of ether oxygens (including phenoxy) is 2. The number of carboxylic acids is 1. The second-order valence-electron chi connectivity index (χ2n) is 14.8. The summed E-state index contributed by atoms with van der Waals surface area (Å²) in [5.74, 6) is -0.364. The Morgan fingerprint density at radius 1 is 0.738 bits per heavy atom. The van der Waals surface area contributed by atoms with Gasteiger partial charge in [-0.1, -0.05) is 47.5 Å². The molecule has 8 rings (SSSR count). The Hall–Kier alpha value is -5.48. The van der Waals surface area contributed by atoms with Gasteiger partial charge in [-0.3, -0.25) is 19.5 Å². The molecule has 4 N–H and O–H groups in total. The SMILES string of the molecule is CC1(c2cc(CCc3ccc(Cl)s3)[nH]n2)CCNC1=O.COc1ccccc1C(=O)O.COc1ccccc1C(=O)n1nc(C2(C)CCNC2=O)cc1CCc1ccc(Cl)s1. The van der Waals surface area contributed by atoms with Crippen LogP contribution in [0.1, 0.15) is 79.9 Å². The number of rotatable bonds is 12. The van der Waals surface area contributed by atoms with Crippen LogP contribution in [0.15, 0.2) is 84.9 Å². The van der Waals surface area contributed by atoms with Crippen LogP contribution in [0.2, 0.25) is 8.67 Å². The fourth-order valence-electron chi connectivity index (χ4n) is 7.01. The van der Waals surface area contributed by atoms with Crippen molar-refractivity contribution in [2.45, 2.75) is 63.2 Å². The van der Waals surface area contributed by atoms with E-state index in [1.54, 1.807) is 47.7 Å². The lowest BCUT2D eigenvalue weighted by molar-refractivity contribution is -0.124. The van der Waals surface area contributed by atoms with Crippen molar-refractivity contribution in [2.75, 3.05) is 27.3 Å². The van der Waals surface area contributed by atoms with Crippen molar-refractivity contribution >= 4 is 69.6 Å². The van der Waals surface area contributed by atoms with Gasteiger partial charge in [0.05, 0.1) is 50.7 Å². The van der Waals surface area contributed by atoms with Crippen LogP contribution >= 0.6 is 45.9 Å². The molecule has 0 radical (unpaired) electrons. The normalized spacial score (nSPS) is 18.0. The highest BCUT2D eigenvalue weighted by Gasteiger charge is 2.43. The number of aromatic nitrogens is 4. The van der Waals surface area contributed by atoms with Crippen LogP contribution in [0.5, 0.6) is 11.5 Å². The third-order valence-corrected chi connectivity index (χ3v) is 13.3. The molecular formula is C44H46Cl2N6O7S2. The van der Waals surface area contributed by atoms with Crippen LogP contribution in [0.25, 0.3) is 0 Å². The zero-order chi connectivity index (χ0) is 43.7. The Morgan fingerprint density at radius 2 is 1.26 bits per heavy atom. The first-order valence-corrected chi connectivity index (χ1v) is 21.9. The first-order valence-electron chi connectivity index (χ1n) is 19.5. The number of carbonyl (C=O) groups excluding carboxylic acids is 3. The number of nitrogens with one attached hydrogen (secondary N) is 3. The minimum atomic E-state index is -0.970. The summed E-state index contributed by atoms with van der Waals surface area (Å²) in [4.78, 5) is 50.6. The number of methoxy groups -OCH3 is 2. The van der Waals surface area contributed by atoms with E-state index in [4.69, 9.17) is 37.8 Å². The van der Waals surface area contributed by atoms with Gasteiger partial charge in [0.25, 0.3) is 5.91 Å². The fraction of sp³-hybridized carbons (Fsp3) is 0.318. The van der Waals surface area contributed by atoms with E-state index in [-0.39, 0.29) is 23.3 Å². The minimum absolute atomic E-state index is 0.0616. The number of thiophene rings is 2. The highest BCUT2D eigenvalue weighted by molar-refractivity contribution is 7.16. The average Bonchev–Trinajstić information content (AvgIpc) is 4.14. The number of aryl methyl sites for hydroxylation is 4. The Kier molecular flexibility index (Phi) is 14.7. The van der Waals surface area contributed by atoms with Gasteiger partial charge < -0.3 is 25.2 Å². The number of H-pyrrole nitrogens is 1. The smallest absolute Gasteiger partial charge is 0.339 e. The number of aromatic carboxylic acids is 1. The number of halogens is 2. The molecule has 0 bridgehead atoms. The van der Waals surface area contributed by atoms with Crippen LogP contribution in [0.4, 0.5) is 0 Å². The van der Waals surface area contributed by atoms with Crippen LogP contribution < -0.4 is 20.1 Å². The van der Waals surface area contributed by atoms with E-state index in [2.05, 4.69) is 32.0 Å². The molecule has 2 unspecified atom stereocenters. The molecule has 0 spiro atoms. The number of aromatic amines is 1. The molecule has 2 aliphatic heterocycles. The third-order valence-electron chi connectivity index (χ3n) is 10.8. The summed E-state index contributed by atoms with van der Waals surface area (Å²) >= 11 is 15.1. The number of para-hydroxylation sites is 2. The van der Waals surface area contributed by atoms with E-state index in [1.807, 2.05) is 50.2 Å². The molecule has 2 saturated heterocycles. The van der Waals surface area contributed by atoms with Gasteiger partial charge in [0.15, 0.2) is 0 Å². The third kappa shape index (κ3) is 10.5. The molecule has 0 saturated carbocycles. The summed E-state index contributed by atoms with van der Waals surface area (Å²) in [6.45, 7) is 5.16. The van der Waals surface area contributed by atoms with E-state index in [9.17, 15) is 19.2 Å². The summed E-state index contributed by atoms with van der Waals surface area (Å²) < 4.78 is 13.2. The molecule has 2 fully saturated rings. The van der Waals surface area contributed by atoms with Gasteiger partial charge in [0.2, 0.25) is 11.8 Å². The van der Waals surface area contributed by atoms with Gasteiger partial charge in [-0.05, 0) is 113 Å². The predicted molar refractivity (Wildman–Crippen MR) is 237 cm³/mol. The van der Waals surface area contributed by atoms with Crippen molar-refractivity contribution in [3.63, 3.8) is 0 Å². The number of nitrogens with zero attached hydrogens (tertiary/aromatic N) is 3. The van der Waals surface area contributed by atoms with Crippen LogP contribution in [-0.4, -0.2) is 76.1 Å². The number of hydrogen-bond acceptors (Lipinski definition) is 10. The van der Waals surface area contributed by atoms with E-state index in [0.29, 0.717) is 42.1 Å². The Labute approximate surface area is 371 Å². The monoisotopic (exact) mass is 904 g/mol. The van der Waals surface area contributed by atoms with E-state index >= 15 is 0 Å². The molecule has 0 aliphatic carbocycles. The first kappa shape index (κ1) is 45.1. The summed E-state index contributed by atoms with van der Waals surface area (Å²) in [6, 6.07) is 25.3. The van der Waals surface area contributed by atoms with E-state index in [0.717, 1.165) is 62.9 Å². The molecule has 61 heavy (non-hydrogen) atoms. The highest BCUT2D eigenvalue weighted by atomic mass is 35.5. The van der Waals surface area contributed by atoms with Crippen LogP contribution in [0, 0.1) is 0 Å². The second kappa shape index (κ2) is 19.9. The molecule has 17 heteroatoms. The van der Waals surface area contributed by atoms with Gasteiger partial charge in [-0.2, -0.15) is 10.2 Å². The van der Waals surface area contributed by atoms with E-state index < -0.39 is 16.8 Å². The van der Waals surface area contributed by atoms with Gasteiger partial charge >= 0.3 is 5.97 Å². The average molecular weight is 906 g/mol. The lowest BCUT2D eigenvalue weighted by atomic mass is 9.85. The fourth-order valence-corrected chi connectivity index (χ4v) is 9.19. The number of carboxylic acid groups (broad SMARTS) is 1. The molecular weight excluding hydrogens is 860 g/mol. The summed E-state index contributed by atoms with van der Waals surface area (Å²) in [5.41, 5.74) is 2.66. The van der Waals surface area contributed by atoms with Crippen molar-refractivity contribution < 1.29 is 33.8 Å². The second-order valence-corrected chi connectivity index (χ2v) is 18.4. The maximum absolute atomic E-state index is 13.4. The van der Waals surface area contributed by atoms with Crippen molar-refractivity contribution in [1.29, 1.82) is 0 Å². The van der Waals surface area contributed by atoms with E-state index in [1.165, 1.54) is 41.2 Å². The maximum Gasteiger partial charge on any atom is 0.339 e. The minimum Gasteiger partial charge on any atom is -0.496 e. The topological polar surface area (TPSA) is 178 Å². The van der Waals surface area contributed by atoms with Crippen LogP contribution in [-0.2, 0) is 46.1 Å². The molecule has 2 atom stereocenters. The summed E-state index contributed by atoms with van der Waals surface area (Å²) in [7, 11) is 2.98. The highest BCUT2D eigenvalue weighted by Crippen LogP contribution is 2.33. The maximum atomic E-state index is 13.4. The van der Waals surface area contributed by atoms with Crippen molar-refractivity contribution in [2.24, 2.45) is 0 Å². The van der Waals surface area contributed by atoms with Gasteiger partial charge in [-0.15, -0.1) is 22.7 Å². The number of amides is 2. The number of hydrogen-bond donors (Lipinski definition) is 4. The van der Waals surface area contributed by atoms with Crippen molar-refractivity contribution in [3.05, 3.63) is 137 Å².